The Morgan fingerprint density at radius 2 is 2.05 bits per heavy atom. The summed E-state index contributed by atoms with van der Waals surface area (Å²) in [4.78, 5) is 1.92. The topological polar surface area (TPSA) is 61.8 Å². The Labute approximate surface area is 121 Å². The Bertz CT molecular complexity index is 553. The summed E-state index contributed by atoms with van der Waals surface area (Å²) in [5.41, 5.74) is 4.79. The minimum absolute atomic E-state index is 0.238. The number of halogens is 3. The molecule has 1 saturated carbocycles. The molecule has 4 nitrogen and oxygen atoms in total. The molecule has 21 heavy (non-hydrogen) atoms. The van der Waals surface area contributed by atoms with Crippen molar-refractivity contribution in [1.82, 2.24) is 0 Å². The van der Waals surface area contributed by atoms with Crippen LogP contribution in [0.1, 0.15) is 30.9 Å². The number of alkyl halides is 3. The van der Waals surface area contributed by atoms with Crippen LogP contribution < -0.4 is 10.6 Å². The first-order valence-corrected chi connectivity index (χ1v) is 6.67. The zero-order valence-electron chi connectivity index (χ0n) is 11.9. The molecule has 1 aliphatic rings. The highest BCUT2D eigenvalue weighted by atomic mass is 19.4. The van der Waals surface area contributed by atoms with Crippen LogP contribution in [0.15, 0.2) is 23.4 Å². The van der Waals surface area contributed by atoms with Crippen LogP contribution in [0.5, 0.6) is 0 Å². The summed E-state index contributed by atoms with van der Waals surface area (Å²) in [5, 5.41) is 11.4. The van der Waals surface area contributed by atoms with E-state index in [1.807, 2.05) is 18.9 Å². The lowest BCUT2D eigenvalue weighted by Crippen LogP contribution is -2.31. The van der Waals surface area contributed by atoms with Gasteiger partial charge in [0.15, 0.2) is 5.84 Å². The third-order valence-corrected chi connectivity index (χ3v) is 4.01. The molecule has 7 heteroatoms. The average molecular weight is 301 g/mol. The van der Waals surface area contributed by atoms with Gasteiger partial charge < -0.3 is 15.8 Å². The van der Waals surface area contributed by atoms with Gasteiger partial charge in [-0.15, -0.1) is 0 Å². The lowest BCUT2D eigenvalue weighted by Gasteiger charge is -2.28. The van der Waals surface area contributed by atoms with Crippen LogP contribution in [0.25, 0.3) is 0 Å². The fourth-order valence-electron chi connectivity index (χ4n) is 2.39. The van der Waals surface area contributed by atoms with Crippen LogP contribution in [0, 0.1) is 5.92 Å². The second-order valence-corrected chi connectivity index (χ2v) is 5.40. The smallest absolute Gasteiger partial charge is 0.409 e. The van der Waals surface area contributed by atoms with Gasteiger partial charge in [0.2, 0.25) is 0 Å². The molecular formula is C14H18F3N3O. The number of rotatable bonds is 4. The van der Waals surface area contributed by atoms with E-state index in [0.29, 0.717) is 11.6 Å². The van der Waals surface area contributed by atoms with Gasteiger partial charge >= 0.3 is 6.18 Å². The molecule has 0 bridgehead atoms. The molecule has 1 atom stereocenters. The van der Waals surface area contributed by atoms with Gasteiger partial charge in [0.1, 0.15) is 0 Å². The van der Waals surface area contributed by atoms with Crippen LogP contribution >= 0.6 is 0 Å². The highest BCUT2D eigenvalue weighted by Gasteiger charge is 2.35. The van der Waals surface area contributed by atoms with Crippen molar-refractivity contribution >= 4 is 11.5 Å². The molecule has 1 aliphatic carbocycles. The summed E-state index contributed by atoms with van der Waals surface area (Å²) >= 11 is 0. The van der Waals surface area contributed by atoms with Crippen LogP contribution in [-0.2, 0) is 6.18 Å². The fraction of sp³-hybridized carbons (Fsp3) is 0.500. The summed E-state index contributed by atoms with van der Waals surface area (Å²) in [6, 6.07) is 3.94. The molecule has 0 heterocycles. The van der Waals surface area contributed by atoms with Crippen molar-refractivity contribution in [2.75, 3.05) is 11.9 Å². The Morgan fingerprint density at radius 1 is 1.43 bits per heavy atom. The van der Waals surface area contributed by atoms with E-state index in [0.717, 1.165) is 18.9 Å². The van der Waals surface area contributed by atoms with Crippen LogP contribution in [0.4, 0.5) is 18.9 Å². The molecule has 1 aromatic carbocycles. The van der Waals surface area contributed by atoms with Gasteiger partial charge in [0.25, 0.3) is 0 Å². The average Bonchev–Trinajstić information content (AvgIpc) is 3.27. The van der Waals surface area contributed by atoms with Crippen LogP contribution in [-0.4, -0.2) is 24.1 Å². The standard InChI is InChI=1S/C14H18F3N3O/c1-8(9-3-4-9)20(2)10-5-6-12(14(15,16)17)11(7-10)13(18)19-21/h5-9,21H,3-4H2,1-2H3,(H2,18,19). The van der Waals surface area contributed by atoms with Crippen molar-refractivity contribution in [2.45, 2.75) is 32.0 Å². The van der Waals surface area contributed by atoms with Crippen molar-refractivity contribution in [1.29, 1.82) is 0 Å². The van der Waals surface area contributed by atoms with Crippen molar-refractivity contribution in [3.8, 4) is 0 Å². The molecular weight excluding hydrogens is 283 g/mol. The molecule has 0 radical (unpaired) electrons. The number of hydrogen-bond donors (Lipinski definition) is 2. The number of hydrogen-bond acceptors (Lipinski definition) is 3. The maximum absolute atomic E-state index is 13.0. The Kier molecular flexibility index (Phi) is 4.02. The van der Waals surface area contributed by atoms with Crippen molar-refractivity contribution < 1.29 is 18.4 Å². The van der Waals surface area contributed by atoms with Gasteiger partial charge in [-0.1, -0.05) is 5.16 Å². The Balaban J connectivity index is 2.41. The minimum atomic E-state index is -4.55. The highest BCUT2D eigenvalue weighted by molar-refractivity contribution is 5.99. The highest BCUT2D eigenvalue weighted by Crippen LogP contribution is 2.38. The molecule has 3 N–H and O–H groups in total. The number of anilines is 1. The van der Waals surface area contributed by atoms with Crippen molar-refractivity contribution in [2.24, 2.45) is 16.8 Å². The van der Waals surface area contributed by atoms with Gasteiger partial charge in [-0.2, -0.15) is 13.2 Å². The predicted molar refractivity (Wildman–Crippen MR) is 74.5 cm³/mol. The lowest BCUT2D eigenvalue weighted by molar-refractivity contribution is -0.137. The molecule has 1 unspecified atom stereocenters. The van der Waals surface area contributed by atoms with Crippen LogP contribution in [0.2, 0.25) is 0 Å². The molecule has 0 aliphatic heterocycles. The van der Waals surface area contributed by atoms with E-state index < -0.39 is 17.6 Å². The third-order valence-electron chi connectivity index (χ3n) is 4.01. The van der Waals surface area contributed by atoms with E-state index in [-0.39, 0.29) is 11.6 Å². The van der Waals surface area contributed by atoms with E-state index in [9.17, 15) is 13.2 Å². The number of nitrogens with two attached hydrogens (primary N) is 1. The van der Waals surface area contributed by atoms with Gasteiger partial charge in [-0.25, -0.2) is 0 Å². The largest absolute Gasteiger partial charge is 0.417 e. The second-order valence-electron chi connectivity index (χ2n) is 5.40. The molecule has 0 amide bonds. The molecule has 2 rings (SSSR count). The summed E-state index contributed by atoms with van der Waals surface area (Å²) in [5.74, 6) is 0.0289. The van der Waals surface area contributed by atoms with Gasteiger partial charge in [0, 0.05) is 24.3 Å². The van der Waals surface area contributed by atoms with Crippen molar-refractivity contribution in [3.63, 3.8) is 0 Å². The van der Waals surface area contributed by atoms with Gasteiger partial charge in [-0.3, -0.25) is 0 Å². The molecule has 0 saturated heterocycles. The SMILES string of the molecule is CC(C1CC1)N(C)c1ccc(C(F)(F)F)c(/C(N)=N/O)c1. The predicted octanol–water partition coefficient (Wildman–Crippen LogP) is 3.03. The summed E-state index contributed by atoms with van der Waals surface area (Å²) < 4.78 is 38.9. The summed E-state index contributed by atoms with van der Waals surface area (Å²) in [6.07, 6.45) is -2.28. The quantitative estimate of drug-likeness (QED) is 0.389. The molecule has 0 spiro atoms. The zero-order valence-corrected chi connectivity index (χ0v) is 11.9. The zero-order chi connectivity index (χ0) is 15.8. The first-order chi connectivity index (χ1) is 9.75. The lowest BCUT2D eigenvalue weighted by atomic mass is 10.0. The molecule has 1 aromatic rings. The third kappa shape index (κ3) is 3.22. The van der Waals surface area contributed by atoms with E-state index in [1.54, 1.807) is 0 Å². The summed E-state index contributed by atoms with van der Waals surface area (Å²) in [7, 11) is 1.83. The van der Waals surface area contributed by atoms with Crippen molar-refractivity contribution in [3.05, 3.63) is 29.3 Å². The number of oxime groups is 1. The van der Waals surface area contributed by atoms with Gasteiger partial charge in [-0.05, 0) is 43.9 Å². The minimum Gasteiger partial charge on any atom is -0.409 e. The summed E-state index contributed by atoms with van der Waals surface area (Å²) in [6.45, 7) is 2.04. The normalized spacial score (nSPS) is 17.7. The Morgan fingerprint density at radius 3 is 2.52 bits per heavy atom. The number of benzene rings is 1. The van der Waals surface area contributed by atoms with E-state index in [2.05, 4.69) is 5.16 Å². The van der Waals surface area contributed by atoms with E-state index in [4.69, 9.17) is 10.9 Å². The first kappa shape index (κ1) is 15.5. The van der Waals surface area contributed by atoms with Crippen LogP contribution in [0.3, 0.4) is 0 Å². The van der Waals surface area contributed by atoms with Gasteiger partial charge in [0.05, 0.1) is 5.56 Å². The number of amidine groups is 1. The maximum Gasteiger partial charge on any atom is 0.417 e. The number of nitrogens with zero attached hydrogens (tertiary/aromatic N) is 2. The Hall–Kier alpha value is -1.92. The first-order valence-electron chi connectivity index (χ1n) is 6.67. The van der Waals surface area contributed by atoms with E-state index >= 15 is 0 Å². The maximum atomic E-state index is 13.0. The molecule has 1 fully saturated rings. The molecule has 0 aromatic heterocycles. The second kappa shape index (κ2) is 5.46. The fourth-order valence-corrected chi connectivity index (χ4v) is 2.39. The monoisotopic (exact) mass is 301 g/mol. The van der Waals surface area contributed by atoms with E-state index in [1.165, 1.54) is 12.1 Å². The molecule has 116 valence electrons.